The highest BCUT2D eigenvalue weighted by atomic mass is 32.2. The highest BCUT2D eigenvalue weighted by Gasteiger charge is 2.22. The van der Waals surface area contributed by atoms with Crippen LogP contribution in [0, 0.1) is 5.92 Å². The normalized spacial score (nSPS) is 13.2. The smallest absolute Gasteiger partial charge is 0.340 e. The van der Waals surface area contributed by atoms with Crippen molar-refractivity contribution in [2.75, 3.05) is 24.5 Å². The van der Waals surface area contributed by atoms with E-state index in [2.05, 4.69) is 4.72 Å². The van der Waals surface area contributed by atoms with Crippen LogP contribution in [0.1, 0.15) is 30.6 Å². The van der Waals surface area contributed by atoms with Gasteiger partial charge in [0.05, 0.1) is 22.8 Å². The molecule has 7 nitrogen and oxygen atoms in total. The van der Waals surface area contributed by atoms with Gasteiger partial charge in [0.15, 0.2) is 11.5 Å². The molecular formula is C20H23NO6S. The monoisotopic (exact) mass is 405 g/mol. The van der Waals surface area contributed by atoms with E-state index in [0.717, 1.165) is 6.42 Å². The third kappa shape index (κ3) is 4.75. The van der Waals surface area contributed by atoms with Crippen molar-refractivity contribution in [3.8, 4) is 11.5 Å². The van der Waals surface area contributed by atoms with Gasteiger partial charge in [0, 0.05) is 6.07 Å². The first kappa shape index (κ1) is 20.0. The van der Waals surface area contributed by atoms with Gasteiger partial charge in [-0.1, -0.05) is 26.0 Å². The van der Waals surface area contributed by atoms with Gasteiger partial charge < -0.3 is 14.2 Å². The molecule has 0 fully saturated rings. The molecule has 8 heteroatoms. The van der Waals surface area contributed by atoms with E-state index in [1.807, 2.05) is 13.8 Å². The van der Waals surface area contributed by atoms with Crippen LogP contribution in [0.15, 0.2) is 47.4 Å². The molecular weight excluding hydrogens is 382 g/mol. The molecule has 2 aromatic carbocycles. The quantitative estimate of drug-likeness (QED) is 0.710. The predicted octanol–water partition coefficient (Wildman–Crippen LogP) is 3.46. The van der Waals surface area contributed by atoms with Crippen molar-refractivity contribution < 1.29 is 27.4 Å². The van der Waals surface area contributed by atoms with E-state index in [1.54, 1.807) is 18.2 Å². The molecule has 0 atom stereocenters. The first-order valence-electron chi connectivity index (χ1n) is 9.05. The average molecular weight is 405 g/mol. The average Bonchev–Trinajstić information content (AvgIpc) is 2.67. The Balaban J connectivity index is 1.80. The molecule has 0 saturated heterocycles. The van der Waals surface area contributed by atoms with E-state index < -0.39 is 16.0 Å². The van der Waals surface area contributed by atoms with Crippen LogP contribution < -0.4 is 14.2 Å². The molecule has 1 N–H and O–H groups in total. The van der Waals surface area contributed by atoms with Gasteiger partial charge in [-0.2, -0.15) is 0 Å². The molecule has 0 unspecified atom stereocenters. The standard InChI is InChI=1S/C20H23NO6S/c1-14(2)9-10-27-20(22)16-5-3-4-6-17(16)21-28(23,24)15-7-8-18-19(13-15)26-12-11-25-18/h3-8,13-14,21H,9-12H2,1-2H3. The maximum Gasteiger partial charge on any atom is 0.340 e. The molecule has 0 aromatic heterocycles. The van der Waals surface area contributed by atoms with Gasteiger partial charge in [-0.05, 0) is 36.6 Å². The van der Waals surface area contributed by atoms with Crippen LogP contribution in [0.25, 0.3) is 0 Å². The number of benzene rings is 2. The molecule has 2 aromatic rings. The molecule has 0 saturated carbocycles. The zero-order valence-corrected chi connectivity index (χ0v) is 16.6. The highest BCUT2D eigenvalue weighted by Crippen LogP contribution is 2.33. The van der Waals surface area contributed by atoms with Crippen molar-refractivity contribution in [2.24, 2.45) is 5.92 Å². The first-order valence-corrected chi connectivity index (χ1v) is 10.5. The minimum absolute atomic E-state index is 0.0136. The van der Waals surface area contributed by atoms with Crippen LogP contribution in [0.2, 0.25) is 0 Å². The first-order chi connectivity index (χ1) is 13.4. The molecule has 150 valence electrons. The molecule has 0 spiro atoms. The highest BCUT2D eigenvalue weighted by molar-refractivity contribution is 7.92. The molecule has 1 heterocycles. The lowest BCUT2D eigenvalue weighted by molar-refractivity contribution is 0.0489. The largest absolute Gasteiger partial charge is 0.486 e. The van der Waals surface area contributed by atoms with Gasteiger partial charge in [-0.15, -0.1) is 0 Å². The van der Waals surface area contributed by atoms with Gasteiger partial charge in [0.2, 0.25) is 0 Å². The molecule has 0 bridgehead atoms. The van der Waals surface area contributed by atoms with E-state index in [0.29, 0.717) is 30.6 Å². The van der Waals surface area contributed by atoms with Crippen molar-refractivity contribution in [2.45, 2.75) is 25.2 Å². The van der Waals surface area contributed by atoms with Crippen molar-refractivity contribution >= 4 is 21.7 Å². The Morgan fingerprint density at radius 3 is 2.57 bits per heavy atom. The number of hydrogen-bond donors (Lipinski definition) is 1. The Morgan fingerprint density at radius 1 is 1.11 bits per heavy atom. The van der Waals surface area contributed by atoms with Crippen LogP contribution in [0.3, 0.4) is 0 Å². The maximum absolute atomic E-state index is 12.8. The van der Waals surface area contributed by atoms with Crippen molar-refractivity contribution in [1.29, 1.82) is 0 Å². The Hall–Kier alpha value is -2.74. The SMILES string of the molecule is CC(C)CCOC(=O)c1ccccc1NS(=O)(=O)c1ccc2c(c1)OCCO2. The lowest BCUT2D eigenvalue weighted by Crippen LogP contribution is -2.18. The number of para-hydroxylation sites is 1. The topological polar surface area (TPSA) is 90.9 Å². The lowest BCUT2D eigenvalue weighted by atomic mass is 10.1. The summed E-state index contributed by atoms with van der Waals surface area (Å²) in [6, 6.07) is 10.7. The van der Waals surface area contributed by atoms with Crippen LogP contribution in [0.5, 0.6) is 11.5 Å². The fourth-order valence-corrected chi connectivity index (χ4v) is 3.70. The van der Waals surface area contributed by atoms with Crippen LogP contribution in [-0.2, 0) is 14.8 Å². The van der Waals surface area contributed by atoms with Gasteiger partial charge in [-0.3, -0.25) is 4.72 Å². The summed E-state index contributed by atoms with van der Waals surface area (Å²) in [6.07, 6.45) is 0.733. The number of anilines is 1. The maximum atomic E-state index is 12.8. The summed E-state index contributed by atoms with van der Waals surface area (Å²) in [7, 11) is -3.93. The lowest BCUT2D eigenvalue weighted by Gasteiger charge is -2.19. The minimum Gasteiger partial charge on any atom is -0.486 e. The van der Waals surface area contributed by atoms with E-state index >= 15 is 0 Å². The molecule has 0 radical (unpaired) electrons. The number of ether oxygens (including phenoxy) is 3. The van der Waals surface area contributed by atoms with Crippen LogP contribution in [0.4, 0.5) is 5.69 Å². The minimum atomic E-state index is -3.93. The Bertz CT molecular complexity index is 955. The van der Waals surface area contributed by atoms with E-state index in [4.69, 9.17) is 14.2 Å². The van der Waals surface area contributed by atoms with Crippen molar-refractivity contribution in [1.82, 2.24) is 0 Å². The summed E-state index contributed by atoms with van der Waals surface area (Å²) in [5.41, 5.74) is 0.319. The number of sulfonamides is 1. The van der Waals surface area contributed by atoms with Crippen LogP contribution in [-0.4, -0.2) is 34.2 Å². The fourth-order valence-electron chi connectivity index (χ4n) is 2.61. The van der Waals surface area contributed by atoms with Crippen molar-refractivity contribution in [3.63, 3.8) is 0 Å². The number of carbonyl (C=O) groups excluding carboxylic acids is 1. The van der Waals surface area contributed by atoms with E-state index in [1.165, 1.54) is 24.3 Å². The summed E-state index contributed by atoms with van der Waals surface area (Å²) in [5.74, 6) is 0.702. The zero-order valence-electron chi connectivity index (χ0n) is 15.8. The molecule has 3 rings (SSSR count). The molecule has 28 heavy (non-hydrogen) atoms. The number of fused-ring (bicyclic) bond motifs is 1. The second kappa shape index (κ2) is 8.52. The van der Waals surface area contributed by atoms with Gasteiger partial charge in [-0.25, -0.2) is 13.2 Å². The molecule has 1 aliphatic rings. The third-order valence-corrected chi connectivity index (χ3v) is 5.51. The van der Waals surface area contributed by atoms with Gasteiger partial charge in [0.25, 0.3) is 10.0 Å². The van der Waals surface area contributed by atoms with Crippen LogP contribution >= 0.6 is 0 Å². The summed E-state index contributed by atoms with van der Waals surface area (Å²) < 4.78 is 44.2. The van der Waals surface area contributed by atoms with Crippen molar-refractivity contribution in [3.05, 3.63) is 48.0 Å². The Labute approximate surface area is 164 Å². The Morgan fingerprint density at radius 2 is 1.82 bits per heavy atom. The summed E-state index contributed by atoms with van der Waals surface area (Å²) in [4.78, 5) is 12.4. The Kier molecular flexibility index (Phi) is 6.08. The van der Waals surface area contributed by atoms with E-state index in [-0.39, 0.29) is 22.8 Å². The second-order valence-corrected chi connectivity index (χ2v) is 8.46. The summed E-state index contributed by atoms with van der Waals surface area (Å²) in [6.45, 7) is 5.12. The summed E-state index contributed by atoms with van der Waals surface area (Å²) in [5, 5.41) is 0. The number of esters is 1. The predicted molar refractivity (Wildman–Crippen MR) is 104 cm³/mol. The number of hydrogen-bond acceptors (Lipinski definition) is 6. The second-order valence-electron chi connectivity index (χ2n) is 6.77. The summed E-state index contributed by atoms with van der Waals surface area (Å²) >= 11 is 0. The zero-order chi connectivity index (χ0) is 20.1. The van der Waals surface area contributed by atoms with Gasteiger partial charge in [0.1, 0.15) is 13.2 Å². The molecule has 1 aliphatic heterocycles. The molecule has 0 aliphatic carbocycles. The molecule has 0 amide bonds. The number of rotatable bonds is 7. The third-order valence-electron chi connectivity index (χ3n) is 4.14. The van der Waals surface area contributed by atoms with E-state index in [9.17, 15) is 13.2 Å². The fraction of sp³-hybridized carbons (Fsp3) is 0.350. The number of nitrogens with one attached hydrogen (secondary N) is 1. The van der Waals surface area contributed by atoms with Gasteiger partial charge >= 0.3 is 5.97 Å². The number of carbonyl (C=O) groups is 1.